The average Bonchev–Trinajstić information content (AvgIpc) is 2.73. The maximum absolute atomic E-state index is 12.9. The maximum Gasteiger partial charge on any atom is 0.257 e. The Bertz CT molecular complexity index is 1060. The molecule has 146 valence electrons. The topological polar surface area (TPSA) is 88.2 Å². The largest absolute Gasteiger partial charge is 0.348 e. The molecular formula is C22H18FN3O3. The van der Waals surface area contributed by atoms with Crippen molar-refractivity contribution < 1.29 is 18.8 Å². The molecule has 0 aliphatic heterocycles. The van der Waals surface area contributed by atoms with Crippen LogP contribution in [0.25, 0.3) is 0 Å². The molecule has 0 aliphatic rings. The number of carbonyl (C=O) groups is 3. The zero-order chi connectivity index (χ0) is 20.8. The molecule has 3 aromatic rings. The summed E-state index contributed by atoms with van der Waals surface area (Å²) < 4.78 is 12.9. The summed E-state index contributed by atoms with van der Waals surface area (Å²) in [6, 6.07) is 13.8. The molecule has 1 aromatic heterocycles. The second kappa shape index (κ2) is 8.88. The number of benzene rings is 2. The molecule has 2 amide bonds. The van der Waals surface area contributed by atoms with Crippen LogP contribution < -0.4 is 10.6 Å². The van der Waals surface area contributed by atoms with Crippen LogP contribution in [0.4, 0.5) is 10.1 Å². The van der Waals surface area contributed by atoms with Crippen molar-refractivity contribution in [3.8, 4) is 0 Å². The first-order valence-corrected chi connectivity index (χ1v) is 8.82. The highest BCUT2D eigenvalue weighted by Crippen LogP contribution is 2.13. The molecule has 3 rings (SSSR count). The number of amides is 2. The molecule has 2 aromatic carbocycles. The van der Waals surface area contributed by atoms with Crippen molar-refractivity contribution in [1.29, 1.82) is 0 Å². The van der Waals surface area contributed by atoms with Gasteiger partial charge in [-0.1, -0.05) is 24.3 Å². The summed E-state index contributed by atoms with van der Waals surface area (Å²) in [5, 5.41) is 5.38. The van der Waals surface area contributed by atoms with Crippen LogP contribution >= 0.6 is 0 Å². The van der Waals surface area contributed by atoms with E-state index in [-0.39, 0.29) is 29.3 Å². The first-order valence-electron chi connectivity index (χ1n) is 8.82. The van der Waals surface area contributed by atoms with Crippen LogP contribution in [0.2, 0.25) is 0 Å². The number of aromatic nitrogens is 1. The number of anilines is 1. The van der Waals surface area contributed by atoms with Crippen molar-refractivity contribution >= 4 is 23.3 Å². The lowest BCUT2D eigenvalue weighted by atomic mass is 10.1. The van der Waals surface area contributed by atoms with Crippen molar-refractivity contribution in [3.63, 3.8) is 0 Å². The lowest BCUT2D eigenvalue weighted by Gasteiger charge is -2.08. The zero-order valence-corrected chi connectivity index (χ0v) is 15.6. The third-order valence-electron chi connectivity index (χ3n) is 4.16. The first kappa shape index (κ1) is 19.9. The highest BCUT2D eigenvalue weighted by molar-refractivity contribution is 6.06. The zero-order valence-electron chi connectivity index (χ0n) is 15.6. The number of nitrogens with zero attached hydrogens (tertiary/aromatic N) is 1. The van der Waals surface area contributed by atoms with E-state index < -0.39 is 11.8 Å². The number of halogens is 1. The maximum atomic E-state index is 12.9. The summed E-state index contributed by atoms with van der Waals surface area (Å²) in [7, 11) is 0. The van der Waals surface area contributed by atoms with Crippen LogP contribution in [0.15, 0.2) is 67.0 Å². The van der Waals surface area contributed by atoms with Gasteiger partial charge >= 0.3 is 0 Å². The third-order valence-corrected chi connectivity index (χ3v) is 4.16. The van der Waals surface area contributed by atoms with E-state index in [4.69, 9.17) is 0 Å². The fraction of sp³-hybridized carbons (Fsp3) is 0.0909. The number of Topliss-reactive ketones (excluding diaryl/α,β-unsaturated/α-hetero) is 1. The minimum atomic E-state index is -0.452. The summed E-state index contributed by atoms with van der Waals surface area (Å²) in [5.41, 5.74) is 2.11. The minimum absolute atomic E-state index is 0.109. The Balaban J connectivity index is 1.67. The molecule has 2 N–H and O–H groups in total. The van der Waals surface area contributed by atoms with Gasteiger partial charge in [0.15, 0.2) is 5.78 Å². The van der Waals surface area contributed by atoms with Gasteiger partial charge in [0.1, 0.15) is 5.82 Å². The second-order valence-corrected chi connectivity index (χ2v) is 6.36. The Morgan fingerprint density at radius 1 is 0.897 bits per heavy atom. The van der Waals surface area contributed by atoms with Crippen LogP contribution in [-0.4, -0.2) is 22.6 Å². The van der Waals surface area contributed by atoms with Crippen molar-refractivity contribution in [2.45, 2.75) is 13.5 Å². The predicted octanol–water partition coefficient (Wildman–Crippen LogP) is 3.61. The normalized spacial score (nSPS) is 10.3. The van der Waals surface area contributed by atoms with Gasteiger partial charge in [-0.05, 0) is 42.8 Å². The van der Waals surface area contributed by atoms with Crippen LogP contribution in [-0.2, 0) is 6.54 Å². The lowest BCUT2D eigenvalue weighted by Crippen LogP contribution is -2.23. The van der Waals surface area contributed by atoms with E-state index in [0.717, 1.165) is 5.56 Å². The number of carbonyl (C=O) groups excluding carboxylic acids is 3. The van der Waals surface area contributed by atoms with Gasteiger partial charge in [0.25, 0.3) is 11.8 Å². The van der Waals surface area contributed by atoms with Gasteiger partial charge in [-0.2, -0.15) is 0 Å². The number of hydrogen-bond acceptors (Lipinski definition) is 4. The number of nitrogens with one attached hydrogen (secondary N) is 2. The van der Waals surface area contributed by atoms with Crippen LogP contribution in [0.3, 0.4) is 0 Å². The van der Waals surface area contributed by atoms with Gasteiger partial charge in [-0.3, -0.25) is 19.4 Å². The highest BCUT2D eigenvalue weighted by atomic mass is 19.1. The standard InChI is InChI=1S/C22H18FN3O3/c1-14(27)16-3-2-4-20(10-16)26-22(29)18-9-17(12-24-13-18)21(28)25-11-15-5-7-19(23)8-6-15/h2-10,12-13H,11H2,1H3,(H,25,28)(H,26,29). The van der Waals surface area contributed by atoms with Crippen LogP contribution in [0.1, 0.15) is 43.6 Å². The second-order valence-electron chi connectivity index (χ2n) is 6.36. The van der Waals surface area contributed by atoms with Gasteiger partial charge < -0.3 is 10.6 Å². The van der Waals surface area contributed by atoms with E-state index in [2.05, 4.69) is 15.6 Å². The quantitative estimate of drug-likeness (QED) is 0.629. The van der Waals surface area contributed by atoms with E-state index in [1.165, 1.54) is 37.5 Å². The van der Waals surface area contributed by atoms with Crippen molar-refractivity contribution in [2.24, 2.45) is 0 Å². The first-order chi connectivity index (χ1) is 13.9. The monoisotopic (exact) mass is 391 g/mol. The minimum Gasteiger partial charge on any atom is -0.348 e. The molecule has 0 saturated carbocycles. The van der Waals surface area contributed by atoms with E-state index >= 15 is 0 Å². The summed E-state index contributed by atoms with van der Waals surface area (Å²) >= 11 is 0. The van der Waals surface area contributed by atoms with Gasteiger partial charge in [0, 0.05) is 30.2 Å². The Hall–Kier alpha value is -3.87. The van der Waals surface area contributed by atoms with Gasteiger partial charge in [0.05, 0.1) is 11.1 Å². The molecule has 0 atom stereocenters. The molecule has 29 heavy (non-hydrogen) atoms. The van der Waals surface area contributed by atoms with Gasteiger partial charge in [-0.25, -0.2) is 4.39 Å². The summed E-state index contributed by atoms with van der Waals surface area (Å²) in [4.78, 5) is 40.2. The van der Waals surface area contributed by atoms with E-state index in [1.54, 1.807) is 36.4 Å². The average molecular weight is 391 g/mol. The molecule has 0 fully saturated rings. The SMILES string of the molecule is CC(=O)c1cccc(NC(=O)c2cncc(C(=O)NCc3ccc(F)cc3)c2)c1. The fourth-order valence-corrected chi connectivity index (χ4v) is 2.59. The van der Waals surface area contributed by atoms with Crippen LogP contribution in [0, 0.1) is 5.82 Å². The highest BCUT2D eigenvalue weighted by Gasteiger charge is 2.12. The predicted molar refractivity (Wildman–Crippen MR) is 106 cm³/mol. The number of hydrogen-bond donors (Lipinski definition) is 2. The summed E-state index contributed by atoms with van der Waals surface area (Å²) in [6.07, 6.45) is 2.70. The van der Waals surface area contributed by atoms with Gasteiger partial charge in [-0.15, -0.1) is 0 Å². The molecule has 0 radical (unpaired) electrons. The molecule has 6 nitrogen and oxygen atoms in total. The van der Waals surface area contributed by atoms with Crippen LogP contribution in [0.5, 0.6) is 0 Å². The number of ketones is 1. The van der Waals surface area contributed by atoms with Crippen molar-refractivity contribution in [2.75, 3.05) is 5.32 Å². The molecular weight excluding hydrogens is 373 g/mol. The summed E-state index contributed by atoms with van der Waals surface area (Å²) in [5.74, 6) is -1.32. The number of pyridine rings is 1. The Morgan fingerprint density at radius 2 is 1.59 bits per heavy atom. The molecule has 0 spiro atoms. The third kappa shape index (κ3) is 5.32. The smallest absolute Gasteiger partial charge is 0.257 e. The molecule has 7 heteroatoms. The van der Waals surface area contributed by atoms with Crippen molar-refractivity contribution in [3.05, 3.63) is 95.1 Å². The Morgan fingerprint density at radius 3 is 2.28 bits per heavy atom. The fourth-order valence-electron chi connectivity index (χ4n) is 2.59. The number of rotatable bonds is 6. The van der Waals surface area contributed by atoms with Crippen molar-refractivity contribution in [1.82, 2.24) is 10.3 Å². The summed E-state index contributed by atoms with van der Waals surface area (Å²) in [6.45, 7) is 1.66. The molecule has 0 unspecified atom stereocenters. The van der Waals surface area contributed by atoms with Gasteiger partial charge in [0.2, 0.25) is 0 Å². The van der Waals surface area contributed by atoms with E-state index in [9.17, 15) is 18.8 Å². The lowest BCUT2D eigenvalue weighted by molar-refractivity contribution is 0.0949. The molecule has 1 heterocycles. The molecule has 0 aliphatic carbocycles. The van der Waals surface area contributed by atoms with E-state index in [0.29, 0.717) is 11.3 Å². The molecule has 0 saturated heterocycles. The molecule has 0 bridgehead atoms. The Labute approximate surface area is 166 Å². The van der Waals surface area contributed by atoms with E-state index in [1.807, 2.05) is 0 Å². The Kier molecular flexibility index (Phi) is 6.09.